The molecule has 5 nitrogen and oxygen atoms in total. The SMILES string of the molecule is Fc1ccc(-c2nnc3sc(C=Cc4cccnc4)nn23)cc1F. The zero-order valence-corrected chi connectivity index (χ0v) is 12.9. The number of hydrogen-bond acceptors (Lipinski definition) is 5. The maximum atomic E-state index is 13.4. The van der Waals surface area contributed by atoms with Crippen molar-refractivity contribution >= 4 is 28.4 Å². The number of nitrogens with zero attached hydrogens (tertiary/aromatic N) is 5. The van der Waals surface area contributed by atoms with E-state index in [1.165, 1.54) is 21.9 Å². The molecule has 118 valence electrons. The Kier molecular flexibility index (Phi) is 3.58. The molecule has 4 rings (SSSR count). The Morgan fingerprint density at radius 3 is 2.75 bits per heavy atom. The zero-order chi connectivity index (χ0) is 16.5. The monoisotopic (exact) mass is 341 g/mol. The van der Waals surface area contributed by atoms with Crippen LogP contribution in [-0.2, 0) is 0 Å². The maximum absolute atomic E-state index is 13.4. The van der Waals surface area contributed by atoms with E-state index in [9.17, 15) is 8.78 Å². The van der Waals surface area contributed by atoms with Crippen LogP contribution in [-0.4, -0.2) is 24.8 Å². The molecule has 3 aromatic heterocycles. The molecule has 0 unspecified atom stereocenters. The van der Waals surface area contributed by atoms with Gasteiger partial charge in [-0.2, -0.15) is 9.61 Å². The lowest BCUT2D eigenvalue weighted by atomic mass is 10.2. The molecule has 0 saturated carbocycles. The van der Waals surface area contributed by atoms with Gasteiger partial charge in [-0.1, -0.05) is 23.5 Å². The van der Waals surface area contributed by atoms with Crippen LogP contribution in [0.2, 0.25) is 0 Å². The van der Waals surface area contributed by atoms with Crippen LogP contribution in [0.5, 0.6) is 0 Å². The predicted octanol–water partition coefficient (Wildman–Crippen LogP) is 3.70. The molecule has 0 saturated heterocycles. The Labute approximate surface area is 138 Å². The van der Waals surface area contributed by atoms with Crippen molar-refractivity contribution in [1.29, 1.82) is 0 Å². The van der Waals surface area contributed by atoms with Crippen LogP contribution >= 0.6 is 11.3 Å². The fraction of sp³-hybridized carbons (Fsp3) is 0. The highest BCUT2D eigenvalue weighted by atomic mass is 32.1. The first-order valence-corrected chi connectivity index (χ1v) is 7.78. The van der Waals surface area contributed by atoms with Gasteiger partial charge in [0.25, 0.3) is 0 Å². The molecular weight excluding hydrogens is 332 g/mol. The number of benzene rings is 1. The van der Waals surface area contributed by atoms with Crippen LogP contribution in [0.25, 0.3) is 28.5 Å². The number of hydrogen-bond donors (Lipinski definition) is 0. The minimum Gasteiger partial charge on any atom is -0.264 e. The summed E-state index contributed by atoms with van der Waals surface area (Å²) in [5, 5.41) is 13.1. The van der Waals surface area contributed by atoms with Gasteiger partial charge in [0.15, 0.2) is 17.5 Å². The molecule has 0 fully saturated rings. The molecule has 0 radical (unpaired) electrons. The predicted molar refractivity (Wildman–Crippen MR) is 87.2 cm³/mol. The maximum Gasteiger partial charge on any atom is 0.235 e. The summed E-state index contributed by atoms with van der Waals surface area (Å²) in [6.45, 7) is 0. The van der Waals surface area contributed by atoms with Gasteiger partial charge in [0, 0.05) is 18.0 Å². The largest absolute Gasteiger partial charge is 0.264 e. The second-order valence-corrected chi connectivity index (χ2v) is 5.89. The van der Waals surface area contributed by atoms with Crippen molar-refractivity contribution in [3.05, 3.63) is 64.9 Å². The van der Waals surface area contributed by atoms with Crippen LogP contribution in [0.15, 0.2) is 42.7 Å². The molecule has 1 aromatic carbocycles. The Morgan fingerprint density at radius 1 is 1.04 bits per heavy atom. The fourth-order valence-electron chi connectivity index (χ4n) is 2.16. The Balaban J connectivity index is 1.71. The van der Waals surface area contributed by atoms with Crippen molar-refractivity contribution in [2.45, 2.75) is 0 Å². The van der Waals surface area contributed by atoms with E-state index in [-0.39, 0.29) is 0 Å². The topological polar surface area (TPSA) is 56.0 Å². The highest BCUT2D eigenvalue weighted by Crippen LogP contribution is 2.23. The summed E-state index contributed by atoms with van der Waals surface area (Å²) in [5.74, 6) is -1.48. The smallest absolute Gasteiger partial charge is 0.235 e. The molecule has 0 amide bonds. The molecular formula is C16H9F2N5S. The standard InChI is InChI=1S/C16H9F2N5S/c17-12-5-4-11(8-13(12)18)15-20-21-16-23(15)22-14(24-16)6-3-10-2-1-7-19-9-10/h1-9H. The minimum absolute atomic E-state index is 0.362. The number of halogens is 2. The number of fused-ring (bicyclic) bond motifs is 1. The average Bonchev–Trinajstić information content (AvgIpc) is 3.17. The molecule has 0 aliphatic carbocycles. The summed E-state index contributed by atoms with van der Waals surface area (Å²) in [6.07, 6.45) is 7.17. The van der Waals surface area contributed by atoms with Gasteiger partial charge in [0.1, 0.15) is 5.01 Å². The summed E-state index contributed by atoms with van der Waals surface area (Å²) in [5.41, 5.74) is 1.36. The van der Waals surface area contributed by atoms with Gasteiger partial charge in [0.2, 0.25) is 4.96 Å². The minimum atomic E-state index is -0.934. The van der Waals surface area contributed by atoms with E-state index in [4.69, 9.17) is 0 Å². The molecule has 0 aliphatic heterocycles. The third-order valence-corrected chi connectivity index (χ3v) is 4.15. The quantitative estimate of drug-likeness (QED) is 0.570. The molecule has 3 heterocycles. The summed E-state index contributed by atoms with van der Waals surface area (Å²) in [6, 6.07) is 7.35. The van der Waals surface area contributed by atoms with Crippen LogP contribution < -0.4 is 0 Å². The zero-order valence-electron chi connectivity index (χ0n) is 12.1. The summed E-state index contributed by atoms with van der Waals surface area (Å²) in [7, 11) is 0. The summed E-state index contributed by atoms with van der Waals surface area (Å²) in [4.78, 5) is 4.61. The summed E-state index contributed by atoms with van der Waals surface area (Å²) < 4.78 is 28.0. The highest BCUT2D eigenvalue weighted by Gasteiger charge is 2.14. The van der Waals surface area contributed by atoms with Gasteiger partial charge in [-0.05, 0) is 35.9 Å². The summed E-state index contributed by atoms with van der Waals surface area (Å²) >= 11 is 1.34. The van der Waals surface area contributed by atoms with Crippen LogP contribution in [0.4, 0.5) is 8.78 Å². The van der Waals surface area contributed by atoms with Crippen molar-refractivity contribution in [3.8, 4) is 11.4 Å². The van der Waals surface area contributed by atoms with E-state index in [0.29, 0.717) is 21.4 Å². The number of rotatable bonds is 3. The molecule has 0 aliphatic rings. The normalized spacial score (nSPS) is 11.6. The Hall–Kier alpha value is -3.00. The lowest BCUT2D eigenvalue weighted by molar-refractivity contribution is 0.509. The lowest BCUT2D eigenvalue weighted by Gasteiger charge is -1.98. The molecule has 0 bridgehead atoms. The van der Waals surface area contributed by atoms with Gasteiger partial charge in [-0.15, -0.1) is 10.2 Å². The van der Waals surface area contributed by atoms with Gasteiger partial charge >= 0.3 is 0 Å². The van der Waals surface area contributed by atoms with Crippen LogP contribution in [0, 0.1) is 11.6 Å². The Morgan fingerprint density at radius 2 is 1.96 bits per heavy atom. The molecule has 8 heteroatoms. The van der Waals surface area contributed by atoms with Crippen molar-refractivity contribution in [1.82, 2.24) is 24.8 Å². The average molecular weight is 341 g/mol. The third-order valence-electron chi connectivity index (χ3n) is 3.29. The molecule has 0 atom stereocenters. The highest BCUT2D eigenvalue weighted by molar-refractivity contribution is 7.17. The fourth-order valence-corrected chi connectivity index (χ4v) is 2.90. The van der Waals surface area contributed by atoms with E-state index < -0.39 is 11.6 Å². The van der Waals surface area contributed by atoms with Gasteiger partial charge in [0.05, 0.1) is 0 Å². The van der Waals surface area contributed by atoms with E-state index in [0.717, 1.165) is 17.7 Å². The van der Waals surface area contributed by atoms with Crippen molar-refractivity contribution < 1.29 is 8.78 Å². The lowest BCUT2D eigenvalue weighted by Crippen LogP contribution is -1.92. The third kappa shape index (κ3) is 2.67. The van der Waals surface area contributed by atoms with Gasteiger partial charge in [-0.3, -0.25) is 4.98 Å². The first-order valence-electron chi connectivity index (χ1n) is 6.96. The van der Waals surface area contributed by atoms with Crippen molar-refractivity contribution in [2.24, 2.45) is 0 Å². The molecule has 0 N–H and O–H groups in total. The van der Waals surface area contributed by atoms with Crippen molar-refractivity contribution in [2.75, 3.05) is 0 Å². The second kappa shape index (κ2) is 5.89. The van der Waals surface area contributed by atoms with Gasteiger partial charge in [-0.25, -0.2) is 8.78 Å². The second-order valence-electron chi connectivity index (χ2n) is 4.91. The van der Waals surface area contributed by atoms with E-state index in [1.807, 2.05) is 24.3 Å². The van der Waals surface area contributed by atoms with E-state index >= 15 is 0 Å². The number of pyridine rings is 1. The van der Waals surface area contributed by atoms with Crippen LogP contribution in [0.1, 0.15) is 10.6 Å². The Bertz CT molecular complexity index is 1040. The first kappa shape index (κ1) is 14.6. The van der Waals surface area contributed by atoms with E-state index in [1.54, 1.807) is 12.4 Å². The first-order chi connectivity index (χ1) is 11.7. The van der Waals surface area contributed by atoms with Crippen LogP contribution in [0.3, 0.4) is 0 Å². The number of aromatic nitrogens is 5. The van der Waals surface area contributed by atoms with Crippen molar-refractivity contribution in [3.63, 3.8) is 0 Å². The van der Waals surface area contributed by atoms with E-state index in [2.05, 4.69) is 20.3 Å². The molecule has 24 heavy (non-hydrogen) atoms. The van der Waals surface area contributed by atoms with Gasteiger partial charge < -0.3 is 0 Å². The molecule has 0 spiro atoms. The molecule has 4 aromatic rings.